The van der Waals surface area contributed by atoms with Gasteiger partial charge in [0.05, 0.1) is 11.9 Å². The van der Waals surface area contributed by atoms with E-state index in [2.05, 4.69) is 16.8 Å². The van der Waals surface area contributed by atoms with Gasteiger partial charge in [-0.3, -0.25) is 9.89 Å². The first kappa shape index (κ1) is 9.97. The van der Waals surface area contributed by atoms with E-state index in [9.17, 15) is 0 Å². The zero-order chi connectivity index (χ0) is 9.97. The lowest BCUT2D eigenvalue weighted by atomic mass is 9.99. The summed E-state index contributed by atoms with van der Waals surface area (Å²) in [5.41, 5.74) is 5.81. The van der Waals surface area contributed by atoms with Crippen LogP contribution in [0.4, 0.5) is 0 Å². The van der Waals surface area contributed by atoms with Gasteiger partial charge in [-0.15, -0.1) is 0 Å². The molecule has 2 unspecified atom stereocenters. The van der Waals surface area contributed by atoms with Crippen molar-refractivity contribution in [2.24, 2.45) is 10.7 Å². The molecule has 3 nitrogen and oxygen atoms in total. The number of fused-ring (bicyclic) bond motifs is 1. The minimum atomic E-state index is 0.496. The summed E-state index contributed by atoms with van der Waals surface area (Å²) in [6.07, 6.45) is 6.18. The highest BCUT2D eigenvalue weighted by atomic mass is 15.2. The smallest absolute Gasteiger partial charge is 0.0938 e. The monoisotopic (exact) mass is 195 g/mol. The second-order valence-electron chi connectivity index (χ2n) is 4.43. The highest BCUT2D eigenvalue weighted by molar-refractivity contribution is 5.80. The molecule has 0 radical (unpaired) electrons. The molecule has 0 aromatic carbocycles. The van der Waals surface area contributed by atoms with Gasteiger partial charge in [0.25, 0.3) is 0 Å². The highest BCUT2D eigenvalue weighted by Gasteiger charge is 2.35. The Morgan fingerprint density at radius 2 is 2.21 bits per heavy atom. The molecule has 2 rings (SSSR count). The molecule has 2 N–H and O–H groups in total. The van der Waals surface area contributed by atoms with E-state index < -0.39 is 0 Å². The Kier molecular flexibility index (Phi) is 3.06. The fourth-order valence-corrected chi connectivity index (χ4v) is 2.68. The molecule has 2 aliphatic heterocycles. The Morgan fingerprint density at radius 1 is 1.36 bits per heavy atom. The van der Waals surface area contributed by atoms with Gasteiger partial charge in [0.15, 0.2) is 0 Å². The van der Waals surface area contributed by atoms with E-state index in [0.29, 0.717) is 12.1 Å². The Hall–Kier alpha value is -0.570. The molecule has 0 aliphatic carbocycles. The van der Waals surface area contributed by atoms with Crippen molar-refractivity contribution in [3.63, 3.8) is 0 Å². The molecular weight excluding hydrogens is 174 g/mol. The largest absolute Gasteiger partial charge is 0.387 e. The first-order valence-electron chi connectivity index (χ1n) is 5.87. The first-order valence-corrected chi connectivity index (χ1v) is 5.87. The Balaban J connectivity index is 2.00. The van der Waals surface area contributed by atoms with Gasteiger partial charge < -0.3 is 5.73 Å². The maximum absolute atomic E-state index is 5.81. The van der Waals surface area contributed by atoms with Gasteiger partial charge >= 0.3 is 0 Å². The van der Waals surface area contributed by atoms with Crippen LogP contribution in [0.3, 0.4) is 0 Å². The molecule has 2 aliphatic rings. The van der Waals surface area contributed by atoms with Gasteiger partial charge in [-0.25, -0.2) is 0 Å². The zero-order valence-corrected chi connectivity index (χ0v) is 9.08. The van der Waals surface area contributed by atoms with Crippen LogP contribution in [0.1, 0.15) is 39.0 Å². The highest BCUT2D eigenvalue weighted by Crippen LogP contribution is 2.29. The topological polar surface area (TPSA) is 41.6 Å². The summed E-state index contributed by atoms with van der Waals surface area (Å²) in [4.78, 5) is 7.23. The predicted octanol–water partition coefficient (Wildman–Crippen LogP) is 1.38. The van der Waals surface area contributed by atoms with Crippen LogP contribution in [0.5, 0.6) is 0 Å². The van der Waals surface area contributed by atoms with E-state index in [1.165, 1.54) is 38.8 Å². The molecule has 0 aromatic rings. The quantitative estimate of drug-likeness (QED) is 0.534. The number of nitrogens with zero attached hydrogens (tertiary/aromatic N) is 2. The summed E-state index contributed by atoms with van der Waals surface area (Å²) >= 11 is 0. The summed E-state index contributed by atoms with van der Waals surface area (Å²) in [7, 11) is 0. The van der Waals surface area contributed by atoms with E-state index >= 15 is 0 Å². The van der Waals surface area contributed by atoms with Crippen molar-refractivity contribution < 1.29 is 0 Å². The lowest BCUT2D eigenvalue weighted by molar-refractivity contribution is 0.190. The van der Waals surface area contributed by atoms with Gasteiger partial charge in [0.1, 0.15) is 0 Å². The first-order chi connectivity index (χ1) is 6.81. The number of amidine groups is 1. The van der Waals surface area contributed by atoms with Gasteiger partial charge in [-0.05, 0) is 25.8 Å². The van der Waals surface area contributed by atoms with Crippen molar-refractivity contribution in [1.29, 1.82) is 0 Å². The van der Waals surface area contributed by atoms with E-state index in [-0.39, 0.29) is 0 Å². The van der Waals surface area contributed by atoms with Crippen LogP contribution in [-0.2, 0) is 0 Å². The van der Waals surface area contributed by atoms with Gasteiger partial charge in [0, 0.05) is 19.0 Å². The van der Waals surface area contributed by atoms with E-state index in [1.807, 2.05) is 0 Å². The molecule has 3 heteroatoms. The Morgan fingerprint density at radius 3 is 3.00 bits per heavy atom. The third kappa shape index (κ3) is 1.92. The number of hydrogen-bond donors (Lipinski definition) is 1. The molecule has 0 spiro atoms. The van der Waals surface area contributed by atoms with Crippen LogP contribution < -0.4 is 5.73 Å². The van der Waals surface area contributed by atoms with Gasteiger partial charge in [-0.1, -0.05) is 13.3 Å². The summed E-state index contributed by atoms with van der Waals surface area (Å²) in [6, 6.07) is 1.20. The fourth-order valence-electron chi connectivity index (χ4n) is 2.68. The van der Waals surface area contributed by atoms with E-state index in [4.69, 9.17) is 5.73 Å². The molecule has 2 fully saturated rings. The number of hydrogen-bond acceptors (Lipinski definition) is 2. The van der Waals surface area contributed by atoms with Crippen molar-refractivity contribution in [1.82, 2.24) is 4.90 Å². The lowest BCUT2D eigenvalue weighted by Crippen LogP contribution is -2.38. The summed E-state index contributed by atoms with van der Waals surface area (Å²) < 4.78 is 0. The summed E-state index contributed by atoms with van der Waals surface area (Å²) in [5.74, 6) is 0.836. The Labute approximate surface area is 86.4 Å². The van der Waals surface area contributed by atoms with Crippen LogP contribution in [0, 0.1) is 0 Å². The average Bonchev–Trinajstić information content (AvgIpc) is 2.62. The number of piperidine rings is 1. The lowest BCUT2D eigenvalue weighted by Gasteiger charge is -2.31. The van der Waals surface area contributed by atoms with Crippen molar-refractivity contribution in [2.45, 2.75) is 51.1 Å². The fraction of sp³-hybridized carbons (Fsp3) is 0.909. The van der Waals surface area contributed by atoms with Crippen molar-refractivity contribution in [3.05, 3.63) is 0 Å². The van der Waals surface area contributed by atoms with E-state index in [0.717, 1.165) is 12.3 Å². The standard InChI is InChI=1S/C11H21N3/c1-2-11(12)13-9-6-8-14-7-4-3-5-10(9)14/h9-10H,2-8H2,1H3,(H2,12,13). The second-order valence-corrected chi connectivity index (χ2v) is 4.43. The second kappa shape index (κ2) is 4.30. The van der Waals surface area contributed by atoms with Crippen LogP contribution in [0.2, 0.25) is 0 Å². The predicted molar refractivity (Wildman–Crippen MR) is 59.5 cm³/mol. The van der Waals surface area contributed by atoms with Crippen LogP contribution in [0.15, 0.2) is 4.99 Å². The zero-order valence-electron chi connectivity index (χ0n) is 9.08. The third-order valence-electron chi connectivity index (χ3n) is 3.51. The van der Waals surface area contributed by atoms with Crippen molar-refractivity contribution >= 4 is 5.84 Å². The molecule has 0 bridgehead atoms. The Bertz CT molecular complexity index is 225. The van der Waals surface area contributed by atoms with Crippen molar-refractivity contribution in [2.75, 3.05) is 13.1 Å². The molecule has 2 atom stereocenters. The minimum Gasteiger partial charge on any atom is -0.387 e. The SMILES string of the molecule is CCC(N)=NC1CCN2CCCCC12. The van der Waals surface area contributed by atoms with Crippen LogP contribution >= 0.6 is 0 Å². The maximum atomic E-state index is 5.81. The molecule has 0 saturated carbocycles. The molecule has 2 heterocycles. The molecule has 14 heavy (non-hydrogen) atoms. The van der Waals surface area contributed by atoms with Crippen LogP contribution in [0.25, 0.3) is 0 Å². The molecule has 80 valence electrons. The van der Waals surface area contributed by atoms with Crippen LogP contribution in [-0.4, -0.2) is 35.9 Å². The summed E-state index contributed by atoms with van der Waals surface area (Å²) in [6.45, 7) is 4.59. The number of aliphatic imine (C=N–C) groups is 1. The third-order valence-corrected chi connectivity index (χ3v) is 3.51. The summed E-state index contributed by atoms with van der Waals surface area (Å²) in [5, 5.41) is 0. The van der Waals surface area contributed by atoms with E-state index in [1.54, 1.807) is 0 Å². The molecule has 0 amide bonds. The average molecular weight is 195 g/mol. The van der Waals surface area contributed by atoms with Gasteiger partial charge in [0.2, 0.25) is 0 Å². The number of rotatable bonds is 2. The number of nitrogens with two attached hydrogens (primary N) is 1. The van der Waals surface area contributed by atoms with Crippen molar-refractivity contribution in [3.8, 4) is 0 Å². The normalized spacial score (nSPS) is 34.5. The maximum Gasteiger partial charge on any atom is 0.0938 e. The molecule has 0 aromatic heterocycles. The van der Waals surface area contributed by atoms with Gasteiger partial charge in [-0.2, -0.15) is 0 Å². The molecule has 2 saturated heterocycles. The minimum absolute atomic E-state index is 0.496. The molecular formula is C11H21N3.